The molecule has 124 valence electrons. The molecule has 0 bridgehead atoms. The van der Waals surface area contributed by atoms with Crippen LogP contribution >= 0.6 is 0 Å². The van der Waals surface area contributed by atoms with Crippen molar-refractivity contribution >= 4 is 10.0 Å². The summed E-state index contributed by atoms with van der Waals surface area (Å²) in [4.78, 5) is 4.18. The smallest absolute Gasteiger partial charge is 0.260 e. The summed E-state index contributed by atoms with van der Waals surface area (Å²) >= 11 is 0. The number of rotatable bonds is 4. The highest BCUT2D eigenvalue weighted by molar-refractivity contribution is 7.89. The number of sulfonamides is 1. The fraction of sp³-hybridized carbons (Fsp3) is 0.438. The predicted molar refractivity (Wildman–Crippen MR) is 86.9 cm³/mol. The van der Waals surface area contributed by atoms with Crippen LogP contribution in [0.2, 0.25) is 0 Å². The number of benzene rings is 1. The van der Waals surface area contributed by atoms with Gasteiger partial charge in [0.05, 0.1) is 12.6 Å². The number of aromatic nitrogens is 2. The van der Waals surface area contributed by atoms with Crippen molar-refractivity contribution in [2.45, 2.75) is 44.3 Å². The number of ether oxygens (including phenoxy) is 1. The first-order valence-corrected chi connectivity index (χ1v) is 9.27. The van der Waals surface area contributed by atoms with Gasteiger partial charge < -0.3 is 9.30 Å². The predicted octanol–water partition coefficient (Wildman–Crippen LogP) is 2.40. The molecule has 23 heavy (non-hydrogen) atoms. The van der Waals surface area contributed by atoms with Crippen molar-refractivity contribution in [3.8, 4) is 5.75 Å². The molecular weight excluding hydrogens is 314 g/mol. The zero-order chi connectivity index (χ0) is 16.4. The van der Waals surface area contributed by atoms with E-state index in [9.17, 15) is 8.42 Å². The van der Waals surface area contributed by atoms with E-state index in [4.69, 9.17) is 4.74 Å². The Hall–Kier alpha value is -1.86. The monoisotopic (exact) mass is 335 g/mol. The Balaban J connectivity index is 1.91. The number of hydrogen-bond donors (Lipinski definition) is 1. The van der Waals surface area contributed by atoms with E-state index in [1.165, 1.54) is 0 Å². The van der Waals surface area contributed by atoms with Crippen molar-refractivity contribution in [3.05, 3.63) is 41.9 Å². The molecule has 0 fully saturated rings. The molecule has 6 nitrogen and oxygen atoms in total. The molecule has 0 saturated heterocycles. The Bertz CT molecular complexity index is 799. The van der Waals surface area contributed by atoms with Gasteiger partial charge in [0.2, 0.25) is 0 Å². The Morgan fingerprint density at radius 1 is 1.39 bits per heavy atom. The lowest BCUT2D eigenvalue weighted by atomic mass is 10.0. The van der Waals surface area contributed by atoms with Gasteiger partial charge in [-0.15, -0.1) is 0 Å². The molecule has 0 aliphatic carbocycles. The first-order chi connectivity index (χ1) is 11.0. The molecule has 2 aromatic rings. The van der Waals surface area contributed by atoms with Crippen LogP contribution in [0.3, 0.4) is 0 Å². The van der Waals surface area contributed by atoms with Crippen molar-refractivity contribution in [1.82, 2.24) is 14.3 Å². The van der Waals surface area contributed by atoms with Gasteiger partial charge in [0.25, 0.3) is 10.0 Å². The third kappa shape index (κ3) is 3.25. The Morgan fingerprint density at radius 2 is 2.17 bits per heavy atom. The molecule has 0 amide bonds. The summed E-state index contributed by atoms with van der Waals surface area (Å²) in [7, 11) is -3.67. The zero-order valence-electron chi connectivity index (χ0n) is 13.3. The lowest BCUT2D eigenvalue weighted by Gasteiger charge is -2.17. The summed E-state index contributed by atoms with van der Waals surface area (Å²) in [6.07, 6.45) is 3.07. The molecule has 0 saturated carbocycles. The molecule has 0 radical (unpaired) electrons. The van der Waals surface area contributed by atoms with Crippen LogP contribution in [0.15, 0.2) is 35.5 Å². The van der Waals surface area contributed by atoms with Crippen LogP contribution in [0.5, 0.6) is 5.75 Å². The van der Waals surface area contributed by atoms with E-state index < -0.39 is 10.0 Å². The van der Waals surface area contributed by atoms with Crippen LogP contribution in [-0.2, 0) is 16.6 Å². The molecule has 1 N–H and O–H groups in total. The maximum Gasteiger partial charge on any atom is 0.260 e. The van der Waals surface area contributed by atoms with Gasteiger partial charge in [-0.1, -0.05) is 18.2 Å². The van der Waals surface area contributed by atoms with Crippen LogP contribution in [0.25, 0.3) is 0 Å². The van der Waals surface area contributed by atoms with Crippen molar-refractivity contribution in [2.24, 2.45) is 0 Å². The van der Waals surface area contributed by atoms with Crippen LogP contribution in [0, 0.1) is 6.92 Å². The Morgan fingerprint density at radius 3 is 2.91 bits per heavy atom. The molecule has 0 spiro atoms. The van der Waals surface area contributed by atoms with Crippen LogP contribution in [-0.4, -0.2) is 24.6 Å². The maximum atomic E-state index is 12.7. The van der Waals surface area contributed by atoms with E-state index in [2.05, 4.69) is 9.71 Å². The highest BCUT2D eigenvalue weighted by atomic mass is 32.2. The van der Waals surface area contributed by atoms with Crippen LogP contribution < -0.4 is 9.46 Å². The summed E-state index contributed by atoms with van der Waals surface area (Å²) in [6.45, 7) is 5.04. The first kappa shape index (κ1) is 16.0. The first-order valence-electron chi connectivity index (χ1n) is 7.79. The topological polar surface area (TPSA) is 73.2 Å². The second kappa shape index (κ2) is 6.33. The number of aryl methyl sites for hydroxylation is 2. The number of nitrogens with zero attached hydrogens (tertiary/aromatic N) is 2. The third-order valence-electron chi connectivity index (χ3n) is 4.06. The molecule has 3 rings (SSSR count). The normalized spacial score (nSPS) is 18.1. The maximum absolute atomic E-state index is 12.7. The molecule has 1 aromatic carbocycles. The lowest BCUT2D eigenvalue weighted by molar-refractivity contribution is 0.316. The van der Waals surface area contributed by atoms with Crippen molar-refractivity contribution in [2.75, 3.05) is 6.61 Å². The summed E-state index contributed by atoms with van der Waals surface area (Å²) < 4.78 is 35.6. The second-order valence-corrected chi connectivity index (χ2v) is 7.28. The van der Waals surface area contributed by atoms with Gasteiger partial charge in [-0.05, 0) is 32.8 Å². The number of hydrogen-bond acceptors (Lipinski definition) is 4. The lowest BCUT2D eigenvalue weighted by Crippen LogP contribution is -2.28. The summed E-state index contributed by atoms with van der Waals surface area (Å²) in [6, 6.07) is 7.26. The standard InChI is InChI=1S/C16H21N3O3S/c1-3-19-11-16(17-12(19)2)23(20,21)18-14-8-6-10-22-15-9-5-4-7-13(14)15/h4-5,7,9,11,14,18H,3,6,8,10H2,1-2H3. The summed E-state index contributed by atoms with van der Waals surface area (Å²) in [5.41, 5.74) is 0.875. The summed E-state index contributed by atoms with van der Waals surface area (Å²) in [5.74, 6) is 1.44. The van der Waals surface area contributed by atoms with Crippen molar-refractivity contribution in [1.29, 1.82) is 0 Å². The quantitative estimate of drug-likeness (QED) is 0.931. The minimum atomic E-state index is -3.67. The average molecular weight is 335 g/mol. The molecule has 2 heterocycles. The minimum absolute atomic E-state index is 0.0690. The fourth-order valence-electron chi connectivity index (χ4n) is 2.82. The second-order valence-electron chi connectivity index (χ2n) is 5.61. The van der Waals surface area contributed by atoms with Gasteiger partial charge in [0.1, 0.15) is 11.6 Å². The van der Waals surface area contributed by atoms with E-state index in [0.717, 1.165) is 17.7 Å². The molecule has 1 aliphatic rings. The number of para-hydroxylation sites is 1. The van der Waals surface area contributed by atoms with Gasteiger partial charge in [-0.3, -0.25) is 0 Å². The largest absolute Gasteiger partial charge is 0.493 e. The summed E-state index contributed by atoms with van der Waals surface area (Å²) in [5, 5.41) is 0.0690. The van der Waals surface area contributed by atoms with Gasteiger partial charge in [-0.2, -0.15) is 0 Å². The van der Waals surface area contributed by atoms with Gasteiger partial charge >= 0.3 is 0 Å². The van der Waals surface area contributed by atoms with E-state index in [1.807, 2.05) is 35.8 Å². The minimum Gasteiger partial charge on any atom is -0.493 e. The Kier molecular flexibility index (Phi) is 4.41. The number of nitrogens with one attached hydrogen (secondary N) is 1. The van der Waals surface area contributed by atoms with Crippen LogP contribution in [0.1, 0.15) is 37.2 Å². The molecule has 1 aromatic heterocycles. The number of imidazole rings is 1. The zero-order valence-corrected chi connectivity index (χ0v) is 14.1. The van der Waals surface area contributed by atoms with E-state index in [-0.39, 0.29) is 11.1 Å². The molecular formula is C16H21N3O3S. The average Bonchev–Trinajstić information content (AvgIpc) is 2.81. The van der Waals surface area contributed by atoms with Gasteiger partial charge in [0.15, 0.2) is 5.03 Å². The molecule has 1 unspecified atom stereocenters. The van der Waals surface area contributed by atoms with E-state index >= 15 is 0 Å². The third-order valence-corrected chi connectivity index (χ3v) is 5.40. The van der Waals surface area contributed by atoms with E-state index in [1.54, 1.807) is 13.1 Å². The van der Waals surface area contributed by atoms with Crippen molar-refractivity contribution < 1.29 is 13.2 Å². The van der Waals surface area contributed by atoms with Gasteiger partial charge in [0, 0.05) is 18.3 Å². The molecule has 1 aliphatic heterocycles. The SMILES string of the molecule is CCn1cc(S(=O)(=O)NC2CCCOc3ccccc32)nc1C. The van der Waals surface area contributed by atoms with Gasteiger partial charge in [-0.25, -0.2) is 18.1 Å². The Labute approximate surface area is 136 Å². The fourth-order valence-corrected chi connectivity index (χ4v) is 4.08. The molecule has 1 atom stereocenters. The van der Waals surface area contributed by atoms with E-state index in [0.29, 0.717) is 25.4 Å². The van der Waals surface area contributed by atoms with Crippen LogP contribution in [0.4, 0.5) is 0 Å². The number of fused-ring (bicyclic) bond motifs is 1. The highest BCUT2D eigenvalue weighted by Crippen LogP contribution is 2.32. The molecule has 7 heteroatoms. The van der Waals surface area contributed by atoms with Crippen molar-refractivity contribution in [3.63, 3.8) is 0 Å². The highest BCUT2D eigenvalue weighted by Gasteiger charge is 2.27.